The zero-order valence-corrected chi connectivity index (χ0v) is 15.2. The molecule has 0 radical (unpaired) electrons. The average Bonchev–Trinajstić information content (AvgIpc) is 2.64. The van der Waals surface area contributed by atoms with E-state index in [0.717, 1.165) is 0 Å². The highest BCUT2D eigenvalue weighted by Crippen LogP contribution is 2.42. The van der Waals surface area contributed by atoms with Gasteiger partial charge in [0, 0.05) is 5.92 Å². The van der Waals surface area contributed by atoms with Crippen LogP contribution < -0.4 is 0 Å². The minimum atomic E-state index is -0.814. The Balaban J connectivity index is 2.81. The lowest BCUT2D eigenvalue weighted by Gasteiger charge is -2.36. The minimum absolute atomic E-state index is 0.0840. The Hall–Kier alpha value is -0.650. The highest BCUT2D eigenvalue weighted by molar-refractivity contribution is 5.75. The molecule has 1 N–H and O–H groups in total. The molecular weight excluding hydrogens is 284 g/mol. The first kappa shape index (κ1) is 19.4. The smallest absolute Gasteiger partial charge is 0.311 e. The highest BCUT2D eigenvalue weighted by Gasteiger charge is 2.55. The van der Waals surface area contributed by atoms with Crippen molar-refractivity contribution in [3.63, 3.8) is 0 Å². The summed E-state index contributed by atoms with van der Waals surface area (Å²) in [4.78, 5) is 11.9. The molecule has 0 bridgehead atoms. The van der Waals surface area contributed by atoms with E-state index in [-0.39, 0.29) is 24.6 Å². The van der Waals surface area contributed by atoms with Gasteiger partial charge in [-0.3, -0.25) is 4.79 Å². The second-order valence-corrected chi connectivity index (χ2v) is 7.97. The molecule has 0 aromatic carbocycles. The van der Waals surface area contributed by atoms with Crippen LogP contribution >= 0.6 is 0 Å². The van der Waals surface area contributed by atoms with Crippen LogP contribution in [0.3, 0.4) is 0 Å². The van der Waals surface area contributed by atoms with Crippen molar-refractivity contribution in [3.05, 3.63) is 0 Å². The predicted molar refractivity (Wildman–Crippen MR) is 84.3 cm³/mol. The molecule has 130 valence electrons. The summed E-state index contributed by atoms with van der Waals surface area (Å²) in [5.41, 5.74) is -1.34. The van der Waals surface area contributed by atoms with E-state index in [1.165, 1.54) is 0 Å². The molecule has 1 heterocycles. The summed E-state index contributed by atoms with van der Waals surface area (Å²) in [6.07, 6.45) is -0.411. The van der Waals surface area contributed by atoms with Crippen molar-refractivity contribution >= 4 is 5.97 Å². The summed E-state index contributed by atoms with van der Waals surface area (Å²) >= 11 is 0. The third-order valence-corrected chi connectivity index (χ3v) is 4.10. The summed E-state index contributed by atoms with van der Waals surface area (Å²) in [6, 6.07) is 0. The second-order valence-electron chi connectivity index (χ2n) is 7.97. The van der Waals surface area contributed by atoms with Gasteiger partial charge in [0.1, 0.15) is 5.60 Å². The number of ether oxygens (including phenoxy) is 3. The lowest BCUT2D eigenvalue weighted by atomic mass is 9.84. The van der Waals surface area contributed by atoms with E-state index in [4.69, 9.17) is 14.2 Å². The number of carbonyl (C=O) groups excluding carboxylic acids is 1. The molecule has 5 nitrogen and oxygen atoms in total. The van der Waals surface area contributed by atoms with E-state index < -0.39 is 22.9 Å². The molecule has 22 heavy (non-hydrogen) atoms. The van der Waals surface area contributed by atoms with Crippen LogP contribution in [0, 0.1) is 11.3 Å². The molecule has 0 aromatic heterocycles. The van der Waals surface area contributed by atoms with Crippen molar-refractivity contribution in [3.8, 4) is 0 Å². The van der Waals surface area contributed by atoms with Crippen molar-refractivity contribution in [2.45, 2.75) is 85.4 Å². The Morgan fingerprint density at radius 2 is 1.86 bits per heavy atom. The largest absolute Gasteiger partial charge is 0.465 e. The maximum atomic E-state index is 11.9. The third kappa shape index (κ3) is 4.21. The number of hydrogen-bond donors (Lipinski definition) is 1. The van der Waals surface area contributed by atoms with Crippen LogP contribution in [0.5, 0.6) is 0 Å². The van der Waals surface area contributed by atoms with Gasteiger partial charge in [-0.25, -0.2) is 0 Å². The molecule has 1 rings (SSSR count). The Labute approximate surface area is 134 Å². The fourth-order valence-electron chi connectivity index (χ4n) is 2.89. The van der Waals surface area contributed by atoms with E-state index in [0.29, 0.717) is 6.42 Å². The number of esters is 1. The average molecular weight is 316 g/mol. The zero-order chi connectivity index (χ0) is 17.3. The number of hydrogen-bond acceptors (Lipinski definition) is 5. The summed E-state index contributed by atoms with van der Waals surface area (Å²) in [7, 11) is 0. The van der Waals surface area contributed by atoms with Crippen molar-refractivity contribution in [2.24, 2.45) is 11.3 Å². The van der Waals surface area contributed by atoms with Crippen LogP contribution in [0.4, 0.5) is 0 Å². The number of rotatable bonds is 5. The molecule has 0 unspecified atom stereocenters. The zero-order valence-electron chi connectivity index (χ0n) is 15.2. The molecule has 1 aliphatic rings. The van der Waals surface area contributed by atoms with Gasteiger partial charge in [-0.15, -0.1) is 0 Å². The lowest BCUT2D eigenvalue weighted by molar-refractivity contribution is -0.179. The molecule has 4 atom stereocenters. The summed E-state index contributed by atoms with van der Waals surface area (Å²) in [5.74, 6) is -1.09. The van der Waals surface area contributed by atoms with Crippen LogP contribution in [0.2, 0.25) is 0 Å². The quantitative estimate of drug-likeness (QED) is 0.790. The van der Waals surface area contributed by atoms with Gasteiger partial charge in [-0.05, 0) is 48.0 Å². The number of carbonyl (C=O) groups is 1. The van der Waals surface area contributed by atoms with E-state index in [2.05, 4.69) is 0 Å². The molecule has 0 saturated carbocycles. The van der Waals surface area contributed by atoms with E-state index in [1.807, 2.05) is 55.4 Å². The van der Waals surface area contributed by atoms with Gasteiger partial charge in [-0.2, -0.15) is 0 Å². The van der Waals surface area contributed by atoms with Gasteiger partial charge in [0.15, 0.2) is 5.79 Å². The Morgan fingerprint density at radius 1 is 1.32 bits per heavy atom. The molecule has 0 amide bonds. The molecular formula is C17H32O5. The Morgan fingerprint density at radius 3 is 2.32 bits per heavy atom. The van der Waals surface area contributed by atoms with Crippen molar-refractivity contribution in [1.82, 2.24) is 0 Å². The number of aliphatic hydroxyl groups is 1. The summed E-state index contributed by atoms with van der Waals surface area (Å²) in [6.45, 7) is 15.1. The first-order chi connectivity index (χ1) is 9.83. The topological polar surface area (TPSA) is 65.0 Å². The molecule has 0 aliphatic carbocycles. The Bertz CT molecular complexity index is 398. The first-order valence-corrected chi connectivity index (χ1v) is 8.06. The standard InChI is InChI=1S/C17H32O5/c1-9-12(18)17(8)13(21-16(6,7)22-17)11(2)10-20-14(19)15(3,4)5/h11-13,18H,9-10H2,1-8H3/t11-,12+,13+,17+/m0/s1. The molecule has 0 spiro atoms. The van der Waals surface area contributed by atoms with Crippen LogP contribution in [0.1, 0.15) is 61.8 Å². The van der Waals surface area contributed by atoms with Crippen molar-refractivity contribution in [2.75, 3.05) is 6.61 Å². The third-order valence-electron chi connectivity index (χ3n) is 4.10. The van der Waals surface area contributed by atoms with E-state index in [9.17, 15) is 9.90 Å². The SMILES string of the molecule is CC[C@@H](O)[C@@]1(C)OC(C)(C)O[C@@H]1[C@@H](C)COC(=O)C(C)(C)C. The van der Waals surface area contributed by atoms with Crippen molar-refractivity contribution in [1.29, 1.82) is 0 Å². The van der Waals surface area contributed by atoms with Crippen LogP contribution in [-0.2, 0) is 19.0 Å². The van der Waals surface area contributed by atoms with Gasteiger partial charge < -0.3 is 19.3 Å². The van der Waals surface area contributed by atoms with E-state index in [1.54, 1.807) is 0 Å². The maximum Gasteiger partial charge on any atom is 0.311 e. The molecule has 0 aromatic rings. The fourth-order valence-corrected chi connectivity index (χ4v) is 2.89. The van der Waals surface area contributed by atoms with Crippen LogP contribution in [0.15, 0.2) is 0 Å². The van der Waals surface area contributed by atoms with Crippen molar-refractivity contribution < 1.29 is 24.1 Å². The van der Waals surface area contributed by atoms with Gasteiger partial charge >= 0.3 is 5.97 Å². The molecule has 1 fully saturated rings. The monoisotopic (exact) mass is 316 g/mol. The minimum Gasteiger partial charge on any atom is -0.465 e. The molecule has 1 aliphatic heterocycles. The number of aliphatic hydroxyl groups excluding tert-OH is 1. The predicted octanol–water partition coefficient (Wildman–Crippen LogP) is 2.89. The first-order valence-electron chi connectivity index (χ1n) is 8.06. The summed E-state index contributed by atoms with van der Waals surface area (Å²) < 4.78 is 17.4. The van der Waals surface area contributed by atoms with Crippen LogP contribution in [-0.4, -0.2) is 41.3 Å². The normalized spacial score (nSPS) is 30.9. The fraction of sp³-hybridized carbons (Fsp3) is 0.941. The van der Waals surface area contributed by atoms with Gasteiger partial charge in [0.2, 0.25) is 0 Å². The van der Waals surface area contributed by atoms with Gasteiger partial charge in [0.25, 0.3) is 0 Å². The molecule has 1 saturated heterocycles. The van der Waals surface area contributed by atoms with Crippen LogP contribution in [0.25, 0.3) is 0 Å². The van der Waals surface area contributed by atoms with Gasteiger partial charge in [-0.1, -0.05) is 13.8 Å². The Kier molecular flexibility index (Phi) is 5.69. The van der Waals surface area contributed by atoms with Gasteiger partial charge in [0.05, 0.1) is 24.2 Å². The second kappa shape index (κ2) is 6.46. The van der Waals surface area contributed by atoms with E-state index >= 15 is 0 Å². The maximum absolute atomic E-state index is 11.9. The highest BCUT2D eigenvalue weighted by atomic mass is 16.8. The molecule has 5 heteroatoms. The summed E-state index contributed by atoms with van der Waals surface area (Å²) in [5, 5.41) is 10.4. The lowest BCUT2D eigenvalue weighted by Crippen LogP contribution is -2.51.